The quantitative estimate of drug-likeness (QED) is 0.294. The van der Waals surface area contributed by atoms with Crippen molar-refractivity contribution in [3.05, 3.63) is 129 Å². The van der Waals surface area contributed by atoms with Crippen molar-refractivity contribution >= 4 is 40.5 Å². The molecule has 2 aliphatic heterocycles. The predicted octanol–water partition coefficient (Wildman–Crippen LogP) is 7.52. The number of alkyl halides is 3. The van der Waals surface area contributed by atoms with Gasteiger partial charge in [0.05, 0.1) is 5.69 Å². The SMILES string of the molecule is O=C(N1c2ccc(Cl)cc2[C@@]2(c3ccccc3)Nc3ccc(Cl)cc3[C@@]12c1ccccc1)C(F)(F)F. The minimum Gasteiger partial charge on any atom is -0.369 e. The molecule has 4 aromatic rings. The predicted molar refractivity (Wildman–Crippen MR) is 135 cm³/mol. The summed E-state index contributed by atoms with van der Waals surface area (Å²) in [5.41, 5.74) is -0.260. The molecule has 0 aromatic heterocycles. The summed E-state index contributed by atoms with van der Waals surface area (Å²) in [7, 11) is 0. The standard InChI is InChI=1S/C28H17Cl2F3N2O/c29-19-11-13-23-21(15-19)27(18-9-5-2-6-10-18)26(34-23,17-7-3-1-4-8-17)22-16-20(30)12-14-24(22)35(27)25(36)28(31,32)33/h1-16,34H/t26-,27-/m1/s1. The highest BCUT2D eigenvalue weighted by molar-refractivity contribution is 6.31. The summed E-state index contributed by atoms with van der Waals surface area (Å²) in [6.07, 6.45) is -5.15. The summed E-state index contributed by atoms with van der Waals surface area (Å²) in [5, 5.41) is 4.21. The third-order valence-electron chi connectivity index (χ3n) is 7.02. The highest BCUT2D eigenvalue weighted by Gasteiger charge is 2.72. The Morgan fingerprint density at radius 1 is 0.750 bits per heavy atom. The maximum Gasteiger partial charge on any atom is 0.471 e. The molecule has 36 heavy (non-hydrogen) atoms. The van der Waals surface area contributed by atoms with Crippen molar-refractivity contribution < 1.29 is 18.0 Å². The number of rotatable bonds is 2. The summed E-state index contributed by atoms with van der Waals surface area (Å²) in [6, 6.07) is 27.5. The van der Waals surface area contributed by atoms with Gasteiger partial charge in [0.25, 0.3) is 0 Å². The number of hydrogen-bond acceptors (Lipinski definition) is 2. The molecule has 0 saturated heterocycles. The summed E-state index contributed by atoms with van der Waals surface area (Å²) < 4.78 is 43.0. The summed E-state index contributed by atoms with van der Waals surface area (Å²) in [5.74, 6) is -1.98. The molecule has 1 amide bonds. The fourth-order valence-corrected chi connectivity index (χ4v) is 6.19. The van der Waals surface area contributed by atoms with Crippen molar-refractivity contribution in [2.75, 3.05) is 10.2 Å². The average molecular weight is 525 g/mol. The van der Waals surface area contributed by atoms with Crippen LogP contribution >= 0.6 is 23.2 Å². The normalized spacial score (nSPS) is 22.0. The van der Waals surface area contributed by atoms with Gasteiger partial charge < -0.3 is 5.32 Å². The van der Waals surface area contributed by atoms with Crippen molar-refractivity contribution in [3.63, 3.8) is 0 Å². The monoisotopic (exact) mass is 524 g/mol. The lowest BCUT2D eigenvalue weighted by Crippen LogP contribution is -2.60. The number of halogens is 5. The van der Waals surface area contributed by atoms with Gasteiger partial charge in [-0.15, -0.1) is 0 Å². The largest absolute Gasteiger partial charge is 0.471 e. The Balaban J connectivity index is 1.86. The van der Waals surface area contributed by atoms with Crippen molar-refractivity contribution in [2.45, 2.75) is 17.3 Å². The van der Waals surface area contributed by atoms with E-state index in [2.05, 4.69) is 5.32 Å². The van der Waals surface area contributed by atoms with Crippen LogP contribution in [-0.4, -0.2) is 12.1 Å². The molecule has 0 radical (unpaired) electrons. The van der Waals surface area contributed by atoms with Gasteiger partial charge in [-0.2, -0.15) is 13.2 Å². The molecule has 0 unspecified atom stereocenters. The van der Waals surface area contributed by atoms with Crippen molar-refractivity contribution in [1.82, 2.24) is 0 Å². The lowest BCUT2D eigenvalue weighted by molar-refractivity contribution is -0.171. The van der Waals surface area contributed by atoms with Crippen LogP contribution in [-0.2, 0) is 15.9 Å². The number of carbonyl (C=O) groups excluding carboxylic acids is 1. The van der Waals surface area contributed by atoms with Crippen LogP contribution in [0.2, 0.25) is 10.0 Å². The van der Waals surface area contributed by atoms with Gasteiger partial charge in [-0.3, -0.25) is 9.69 Å². The molecule has 2 heterocycles. The van der Waals surface area contributed by atoms with Gasteiger partial charge in [0.2, 0.25) is 0 Å². The number of hydrogen-bond donors (Lipinski definition) is 1. The zero-order valence-electron chi connectivity index (χ0n) is 18.5. The number of amides is 1. The van der Waals surface area contributed by atoms with Crippen LogP contribution in [0.1, 0.15) is 22.3 Å². The zero-order chi connectivity index (χ0) is 25.3. The Labute approximate surface area is 215 Å². The molecule has 0 bridgehead atoms. The fourth-order valence-electron chi connectivity index (χ4n) is 5.85. The molecular formula is C28H17Cl2F3N2O. The highest BCUT2D eigenvalue weighted by atomic mass is 35.5. The van der Waals surface area contributed by atoms with Gasteiger partial charge in [-0.1, -0.05) is 83.9 Å². The first-order chi connectivity index (χ1) is 17.2. The number of anilines is 2. The second kappa shape index (κ2) is 7.76. The van der Waals surface area contributed by atoms with E-state index in [4.69, 9.17) is 23.2 Å². The second-order valence-corrected chi connectivity index (χ2v) is 9.68. The zero-order valence-corrected chi connectivity index (χ0v) is 20.0. The molecule has 180 valence electrons. The van der Waals surface area contributed by atoms with E-state index in [0.717, 1.165) is 4.90 Å². The van der Waals surface area contributed by atoms with Gasteiger partial charge in [-0.25, -0.2) is 0 Å². The van der Waals surface area contributed by atoms with Crippen LogP contribution < -0.4 is 10.2 Å². The molecule has 6 rings (SSSR count). The highest BCUT2D eigenvalue weighted by Crippen LogP contribution is 2.68. The summed E-state index contributed by atoms with van der Waals surface area (Å²) >= 11 is 12.9. The van der Waals surface area contributed by atoms with E-state index in [1.807, 2.05) is 30.3 Å². The lowest BCUT2D eigenvalue weighted by Gasteiger charge is -2.46. The van der Waals surface area contributed by atoms with Gasteiger partial charge >= 0.3 is 12.1 Å². The third-order valence-corrected chi connectivity index (χ3v) is 7.49. The Morgan fingerprint density at radius 3 is 1.92 bits per heavy atom. The van der Waals surface area contributed by atoms with E-state index in [-0.39, 0.29) is 5.69 Å². The number of fused-ring (bicyclic) bond motifs is 5. The molecule has 2 atom stereocenters. The van der Waals surface area contributed by atoms with Gasteiger partial charge in [0.15, 0.2) is 0 Å². The molecule has 0 saturated carbocycles. The van der Waals surface area contributed by atoms with Crippen LogP contribution in [0.4, 0.5) is 24.5 Å². The van der Waals surface area contributed by atoms with Gasteiger partial charge in [0, 0.05) is 26.9 Å². The van der Waals surface area contributed by atoms with Gasteiger partial charge in [0.1, 0.15) is 11.1 Å². The van der Waals surface area contributed by atoms with Crippen LogP contribution in [0.5, 0.6) is 0 Å². The first kappa shape index (κ1) is 23.0. The van der Waals surface area contributed by atoms with Crippen molar-refractivity contribution in [1.29, 1.82) is 0 Å². The van der Waals surface area contributed by atoms with E-state index in [1.165, 1.54) is 12.1 Å². The third kappa shape index (κ3) is 2.85. The maximum absolute atomic E-state index is 14.3. The molecule has 0 aliphatic carbocycles. The van der Waals surface area contributed by atoms with Crippen molar-refractivity contribution in [2.24, 2.45) is 0 Å². The van der Waals surface area contributed by atoms with Crippen LogP contribution in [0.15, 0.2) is 97.1 Å². The molecular weight excluding hydrogens is 508 g/mol. The first-order valence-corrected chi connectivity index (χ1v) is 11.9. The summed E-state index contributed by atoms with van der Waals surface area (Å²) in [4.78, 5) is 14.3. The molecule has 0 fully saturated rings. The molecule has 4 aromatic carbocycles. The maximum atomic E-state index is 14.3. The Kier molecular flexibility index (Phi) is 4.95. The Morgan fingerprint density at radius 2 is 1.31 bits per heavy atom. The Bertz CT molecular complexity index is 1510. The average Bonchev–Trinajstić information content (AvgIpc) is 3.30. The molecule has 8 heteroatoms. The Hall–Kier alpha value is -3.48. The molecule has 2 aliphatic rings. The van der Waals surface area contributed by atoms with Crippen molar-refractivity contribution in [3.8, 4) is 0 Å². The number of nitrogens with one attached hydrogen (secondary N) is 1. The van der Waals surface area contributed by atoms with Crippen LogP contribution in [0, 0.1) is 0 Å². The molecule has 0 spiro atoms. The number of carbonyl (C=O) groups is 1. The second-order valence-electron chi connectivity index (χ2n) is 8.81. The van der Waals surface area contributed by atoms with E-state index in [0.29, 0.717) is 38.0 Å². The summed E-state index contributed by atoms with van der Waals surface area (Å²) in [6.45, 7) is 0. The fraction of sp³-hybridized carbons (Fsp3) is 0.107. The van der Waals surface area contributed by atoms with Crippen LogP contribution in [0.25, 0.3) is 0 Å². The van der Waals surface area contributed by atoms with Crippen LogP contribution in [0.3, 0.4) is 0 Å². The van der Waals surface area contributed by atoms with E-state index in [9.17, 15) is 18.0 Å². The minimum atomic E-state index is -5.15. The minimum absolute atomic E-state index is 0.118. The topological polar surface area (TPSA) is 32.3 Å². The lowest BCUT2D eigenvalue weighted by atomic mass is 9.66. The number of nitrogens with zero attached hydrogens (tertiary/aromatic N) is 1. The first-order valence-electron chi connectivity index (χ1n) is 11.1. The van der Waals surface area contributed by atoms with E-state index in [1.54, 1.807) is 54.6 Å². The van der Waals surface area contributed by atoms with E-state index >= 15 is 0 Å². The molecule has 3 nitrogen and oxygen atoms in total. The smallest absolute Gasteiger partial charge is 0.369 e. The van der Waals surface area contributed by atoms with E-state index < -0.39 is 23.2 Å². The van der Waals surface area contributed by atoms with Gasteiger partial charge in [-0.05, 0) is 47.5 Å². The number of benzene rings is 4. The molecule has 1 N–H and O–H groups in total.